The molecule has 0 unspecified atom stereocenters. The molecule has 3 rings (SSSR count). The van der Waals surface area contributed by atoms with Gasteiger partial charge in [0, 0.05) is 29.5 Å². The molecule has 2 aromatic rings. The van der Waals surface area contributed by atoms with Gasteiger partial charge < -0.3 is 10.6 Å². The highest BCUT2D eigenvalue weighted by atomic mass is 16.1. The number of fused-ring (bicyclic) bond motifs is 1. The lowest BCUT2D eigenvalue weighted by Gasteiger charge is -2.06. The van der Waals surface area contributed by atoms with E-state index in [1.165, 1.54) is 0 Å². The third-order valence-electron chi connectivity index (χ3n) is 3.41. The van der Waals surface area contributed by atoms with Crippen LogP contribution >= 0.6 is 0 Å². The summed E-state index contributed by atoms with van der Waals surface area (Å²) in [6.45, 7) is 0. The van der Waals surface area contributed by atoms with Crippen molar-refractivity contribution in [3.63, 3.8) is 0 Å². The fraction of sp³-hybridized carbons (Fsp3) is 0.125. The van der Waals surface area contributed by atoms with E-state index < -0.39 is 0 Å². The van der Waals surface area contributed by atoms with Crippen molar-refractivity contribution in [3.8, 4) is 0 Å². The van der Waals surface area contributed by atoms with Crippen LogP contribution in [-0.4, -0.2) is 18.7 Å². The van der Waals surface area contributed by atoms with Gasteiger partial charge in [0.1, 0.15) is 0 Å². The molecule has 0 spiro atoms. The second kappa shape index (κ2) is 4.81. The van der Waals surface area contributed by atoms with Crippen LogP contribution < -0.4 is 10.6 Å². The Morgan fingerprint density at radius 3 is 2.75 bits per heavy atom. The van der Waals surface area contributed by atoms with Crippen molar-refractivity contribution >= 4 is 23.1 Å². The van der Waals surface area contributed by atoms with Crippen LogP contribution in [0.25, 0.3) is 0 Å². The predicted molar refractivity (Wildman–Crippen MR) is 78.2 cm³/mol. The van der Waals surface area contributed by atoms with Crippen LogP contribution in [0.15, 0.2) is 42.5 Å². The van der Waals surface area contributed by atoms with Crippen molar-refractivity contribution in [1.82, 2.24) is 0 Å². The SMILES string of the molecule is CNc1cccc(C(=O)c2ccc3c(c2)CC(=O)N3)c1. The first-order valence-corrected chi connectivity index (χ1v) is 6.42. The van der Waals surface area contributed by atoms with Crippen LogP contribution in [0.2, 0.25) is 0 Å². The van der Waals surface area contributed by atoms with Gasteiger partial charge in [0.2, 0.25) is 5.91 Å². The Kier molecular flexibility index (Phi) is 2.99. The molecule has 2 N–H and O–H groups in total. The summed E-state index contributed by atoms with van der Waals surface area (Å²) >= 11 is 0. The topological polar surface area (TPSA) is 58.2 Å². The smallest absolute Gasteiger partial charge is 0.228 e. The fourth-order valence-electron chi connectivity index (χ4n) is 2.35. The third kappa shape index (κ3) is 2.16. The number of benzene rings is 2. The number of amides is 1. The van der Waals surface area contributed by atoms with Crippen LogP contribution in [-0.2, 0) is 11.2 Å². The van der Waals surface area contributed by atoms with E-state index in [2.05, 4.69) is 10.6 Å². The molecule has 0 aliphatic carbocycles. The first-order valence-electron chi connectivity index (χ1n) is 6.42. The maximum Gasteiger partial charge on any atom is 0.228 e. The zero-order chi connectivity index (χ0) is 14.1. The number of carbonyl (C=O) groups is 2. The molecular formula is C16H14N2O2. The molecule has 4 nitrogen and oxygen atoms in total. The van der Waals surface area contributed by atoms with Crippen molar-refractivity contribution in [3.05, 3.63) is 59.2 Å². The molecule has 0 saturated heterocycles. The molecule has 2 aromatic carbocycles. The quantitative estimate of drug-likeness (QED) is 0.839. The van der Waals surface area contributed by atoms with E-state index in [1.807, 2.05) is 25.2 Å². The van der Waals surface area contributed by atoms with E-state index in [1.54, 1.807) is 24.3 Å². The van der Waals surface area contributed by atoms with Gasteiger partial charge in [-0.3, -0.25) is 9.59 Å². The molecular weight excluding hydrogens is 252 g/mol. The molecule has 0 aromatic heterocycles. The number of ketones is 1. The standard InChI is InChI=1S/C16H14N2O2/c1-17-13-4-2-3-10(8-13)16(20)11-5-6-14-12(7-11)9-15(19)18-14/h2-8,17H,9H2,1H3,(H,18,19). The van der Waals surface area contributed by atoms with Gasteiger partial charge in [-0.1, -0.05) is 12.1 Å². The lowest BCUT2D eigenvalue weighted by atomic mass is 10.00. The maximum absolute atomic E-state index is 12.5. The summed E-state index contributed by atoms with van der Waals surface area (Å²) < 4.78 is 0. The minimum absolute atomic E-state index is 0.0261. The van der Waals surface area contributed by atoms with Crippen LogP contribution in [0.3, 0.4) is 0 Å². The summed E-state index contributed by atoms with van der Waals surface area (Å²) in [6.07, 6.45) is 0.340. The summed E-state index contributed by atoms with van der Waals surface area (Å²) in [5.74, 6) is -0.0639. The average molecular weight is 266 g/mol. The van der Waals surface area contributed by atoms with E-state index >= 15 is 0 Å². The minimum Gasteiger partial charge on any atom is -0.388 e. The molecule has 4 heteroatoms. The van der Waals surface area contributed by atoms with Gasteiger partial charge in [0.05, 0.1) is 6.42 Å². The van der Waals surface area contributed by atoms with Gasteiger partial charge in [0.25, 0.3) is 0 Å². The van der Waals surface area contributed by atoms with Gasteiger partial charge in [-0.15, -0.1) is 0 Å². The molecule has 20 heavy (non-hydrogen) atoms. The average Bonchev–Trinajstić information content (AvgIpc) is 2.85. The van der Waals surface area contributed by atoms with E-state index in [0.29, 0.717) is 17.5 Å². The second-order valence-electron chi connectivity index (χ2n) is 4.76. The zero-order valence-electron chi connectivity index (χ0n) is 11.1. The summed E-state index contributed by atoms with van der Waals surface area (Å²) in [5, 5.41) is 5.78. The Hall–Kier alpha value is -2.62. The molecule has 0 saturated carbocycles. The lowest BCUT2D eigenvalue weighted by molar-refractivity contribution is -0.115. The normalized spacial score (nSPS) is 12.8. The van der Waals surface area contributed by atoms with Crippen LogP contribution in [0.5, 0.6) is 0 Å². The van der Waals surface area contributed by atoms with Gasteiger partial charge in [-0.2, -0.15) is 0 Å². The summed E-state index contributed by atoms with van der Waals surface area (Å²) in [5.41, 5.74) is 3.82. The van der Waals surface area contributed by atoms with E-state index in [9.17, 15) is 9.59 Å². The van der Waals surface area contributed by atoms with E-state index in [4.69, 9.17) is 0 Å². The highest BCUT2D eigenvalue weighted by Gasteiger charge is 2.19. The monoisotopic (exact) mass is 266 g/mol. The largest absolute Gasteiger partial charge is 0.388 e. The van der Waals surface area contributed by atoms with Crippen molar-refractivity contribution in [2.24, 2.45) is 0 Å². The van der Waals surface area contributed by atoms with E-state index in [-0.39, 0.29) is 11.7 Å². The molecule has 1 heterocycles. The Morgan fingerprint density at radius 2 is 1.95 bits per heavy atom. The van der Waals surface area contributed by atoms with Gasteiger partial charge in [-0.25, -0.2) is 0 Å². The van der Waals surface area contributed by atoms with Gasteiger partial charge in [0.15, 0.2) is 5.78 Å². The van der Waals surface area contributed by atoms with Crippen molar-refractivity contribution < 1.29 is 9.59 Å². The van der Waals surface area contributed by atoms with Crippen LogP contribution in [0, 0.1) is 0 Å². The first-order chi connectivity index (χ1) is 9.67. The summed E-state index contributed by atoms with van der Waals surface area (Å²) in [4.78, 5) is 23.8. The minimum atomic E-state index is -0.0377. The van der Waals surface area contributed by atoms with Crippen molar-refractivity contribution in [2.75, 3.05) is 17.7 Å². The number of rotatable bonds is 3. The molecule has 100 valence electrons. The zero-order valence-corrected chi connectivity index (χ0v) is 11.1. The second-order valence-corrected chi connectivity index (χ2v) is 4.76. The summed E-state index contributed by atoms with van der Waals surface area (Å²) in [6, 6.07) is 12.7. The van der Waals surface area contributed by atoms with Crippen molar-refractivity contribution in [2.45, 2.75) is 6.42 Å². The molecule has 0 bridgehead atoms. The number of anilines is 2. The predicted octanol–water partition coefficient (Wildman–Crippen LogP) is 2.45. The molecule has 0 radical (unpaired) electrons. The lowest BCUT2D eigenvalue weighted by Crippen LogP contribution is -2.03. The van der Waals surface area contributed by atoms with E-state index in [0.717, 1.165) is 16.9 Å². The first kappa shape index (κ1) is 12.4. The van der Waals surface area contributed by atoms with Crippen LogP contribution in [0.4, 0.5) is 11.4 Å². The Balaban J connectivity index is 1.95. The number of nitrogens with one attached hydrogen (secondary N) is 2. The highest BCUT2D eigenvalue weighted by molar-refractivity contribution is 6.10. The third-order valence-corrected chi connectivity index (χ3v) is 3.41. The highest BCUT2D eigenvalue weighted by Crippen LogP contribution is 2.25. The number of hydrogen-bond acceptors (Lipinski definition) is 3. The van der Waals surface area contributed by atoms with Crippen molar-refractivity contribution in [1.29, 1.82) is 0 Å². The Morgan fingerprint density at radius 1 is 1.15 bits per heavy atom. The Bertz CT molecular complexity index is 707. The van der Waals surface area contributed by atoms with Gasteiger partial charge in [-0.05, 0) is 35.9 Å². The van der Waals surface area contributed by atoms with Crippen LogP contribution in [0.1, 0.15) is 21.5 Å². The fourth-order valence-corrected chi connectivity index (χ4v) is 2.35. The molecule has 0 fully saturated rings. The maximum atomic E-state index is 12.5. The molecule has 0 atom stereocenters. The molecule has 1 aliphatic heterocycles. The molecule has 1 amide bonds. The Labute approximate surface area is 116 Å². The van der Waals surface area contributed by atoms with Gasteiger partial charge >= 0.3 is 0 Å². The number of carbonyl (C=O) groups excluding carboxylic acids is 2. The summed E-state index contributed by atoms with van der Waals surface area (Å²) in [7, 11) is 1.82. The molecule has 1 aliphatic rings. The number of hydrogen-bond donors (Lipinski definition) is 2.